The van der Waals surface area contributed by atoms with Gasteiger partial charge in [0.05, 0.1) is 0 Å². The maximum absolute atomic E-state index is 10.7. The van der Waals surface area contributed by atoms with E-state index in [9.17, 15) is 9.59 Å². The molecule has 0 aromatic heterocycles. The normalized spacial score (nSPS) is 14.3. The molecule has 1 amide bonds. The molecule has 0 aliphatic heterocycles. The molecular weight excluding hydrogens is 174 g/mol. The first-order chi connectivity index (χ1) is 5.96. The zero-order valence-electron chi connectivity index (χ0n) is 7.66. The van der Waals surface area contributed by atoms with E-state index in [0.29, 0.717) is 0 Å². The van der Waals surface area contributed by atoms with Crippen molar-refractivity contribution in [2.24, 2.45) is 0 Å². The molecule has 5 heteroatoms. The van der Waals surface area contributed by atoms with Crippen LogP contribution in [0.15, 0.2) is 12.7 Å². The van der Waals surface area contributed by atoms with Crippen LogP contribution in [0.1, 0.15) is 20.3 Å². The Bertz CT molecular complexity index is 226. The van der Waals surface area contributed by atoms with Gasteiger partial charge in [-0.15, -0.1) is 0 Å². The van der Waals surface area contributed by atoms with Crippen LogP contribution in [0.5, 0.6) is 0 Å². The fourth-order valence-corrected chi connectivity index (χ4v) is 0.472. The van der Waals surface area contributed by atoms with E-state index in [-0.39, 0.29) is 6.42 Å². The van der Waals surface area contributed by atoms with Crippen molar-refractivity contribution in [2.45, 2.75) is 25.9 Å². The molecule has 0 bridgehead atoms. The van der Waals surface area contributed by atoms with Gasteiger partial charge in [0.1, 0.15) is 0 Å². The number of amides is 1. The summed E-state index contributed by atoms with van der Waals surface area (Å²) in [6.07, 6.45) is 1.25. The maximum Gasteiger partial charge on any atom is 0.338 e. The van der Waals surface area contributed by atoms with Gasteiger partial charge in [-0.25, -0.2) is 10.3 Å². The molecule has 1 atom stereocenters. The van der Waals surface area contributed by atoms with Crippen molar-refractivity contribution in [3.63, 3.8) is 0 Å². The molecule has 0 aliphatic carbocycles. The molecule has 0 fully saturated rings. The van der Waals surface area contributed by atoms with Crippen molar-refractivity contribution >= 4 is 11.9 Å². The molecule has 0 aromatic rings. The van der Waals surface area contributed by atoms with Crippen LogP contribution >= 0.6 is 0 Å². The SMILES string of the molecule is C=CC(=O)NOC(C)(CC)C(=O)O. The minimum absolute atomic E-state index is 0.250. The molecule has 13 heavy (non-hydrogen) atoms. The lowest BCUT2D eigenvalue weighted by Gasteiger charge is -2.22. The van der Waals surface area contributed by atoms with Crippen LogP contribution in [0.4, 0.5) is 0 Å². The second-order valence-corrected chi connectivity index (χ2v) is 2.66. The second kappa shape index (κ2) is 4.61. The number of carboxylic acids is 1. The van der Waals surface area contributed by atoms with Crippen LogP contribution in [-0.2, 0) is 14.4 Å². The third-order valence-corrected chi connectivity index (χ3v) is 1.69. The van der Waals surface area contributed by atoms with E-state index in [1.807, 2.05) is 5.48 Å². The average Bonchev–Trinajstić information content (AvgIpc) is 2.13. The van der Waals surface area contributed by atoms with Gasteiger partial charge in [-0.3, -0.25) is 9.63 Å². The Kier molecular flexibility index (Phi) is 4.13. The van der Waals surface area contributed by atoms with Crippen LogP contribution in [0.3, 0.4) is 0 Å². The summed E-state index contributed by atoms with van der Waals surface area (Å²) in [7, 11) is 0. The standard InChI is InChI=1S/C8H13NO4/c1-4-6(10)9-13-8(3,5-2)7(11)12/h4H,1,5H2,2-3H3,(H,9,10)(H,11,12). The monoisotopic (exact) mass is 187 g/mol. The number of nitrogens with one attached hydrogen (secondary N) is 1. The zero-order valence-corrected chi connectivity index (χ0v) is 7.66. The van der Waals surface area contributed by atoms with Crippen molar-refractivity contribution in [3.8, 4) is 0 Å². The van der Waals surface area contributed by atoms with E-state index < -0.39 is 17.5 Å². The molecule has 1 unspecified atom stereocenters. The highest BCUT2D eigenvalue weighted by Gasteiger charge is 2.33. The van der Waals surface area contributed by atoms with Crippen molar-refractivity contribution in [1.29, 1.82) is 0 Å². The number of hydrogen-bond donors (Lipinski definition) is 2. The van der Waals surface area contributed by atoms with Gasteiger partial charge in [-0.1, -0.05) is 13.5 Å². The Morgan fingerprint density at radius 2 is 2.23 bits per heavy atom. The molecule has 2 N–H and O–H groups in total. The number of hydrogen-bond acceptors (Lipinski definition) is 3. The van der Waals surface area contributed by atoms with Gasteiger partial charge in [0, 0.05) is 0 Å². The number of rotatable bonds is 5. The summed E-state index contributed by atoms with van der Waals surface area (Å²) in [5, 5.41) is 8.72. The van der Waals surface area contributed by atoms with Gasteiger partial charge in [0.15, 0.2) is 5.60 Å². The van der Waals surface area contributed by atoms with Gasteiger partial charge in [0.2, 0.25) is 0 Å². The van der Waals surface area contributed by atoms with Crippen molar-refractivity contribution in [2.75, 3.05) is 0 Å². The molecule has 0 spiro atoms. The lowest BCUT2D eigenvalue weighted by Crippen LogP contribution is -2.43. The average molecular weight is 187 g/mol. The smallest absolute Gasteiger partial charge is 0.338 e. The highest BCUT2D eigenvalue weighted by Crippen LogP contribution is 2.13. The number of aliphatic carboxylic acids is 1. The first-order valence-electron chi connectivity index (χ1n) is 3.80. The van der Waals surface area contributed by atoms with Gasteiger partial charge in [-0.05, 0) is 19.4 Å². The van der Waals surface area contributed by atoms with E-state index in [1.165, 1.54) is 6.92 Å². The predicted octanol–water partition coefficient (Wildman–Crippen LogP) is 0.473. The molecule has 0 heterocycles. The van der Waals surface area contributed by atoms with Gasteiger partial charge in [0.25, 0.3) is 5.91 Å². The highest BCUT2D eigenvalue weighted by molar-refractivity contribution is 5.86. The molecular formula is C8H13NO4. The molecule has 5 nitrogen and oxygen atoms in total. The third-order valence-electron chi connectivity index (χ3n) is 1.69. The van der Waals surface area contributed by atoms with E-state index in [4.69, 9.17) is 9.94 Å². The molecule has 0 aromatic carbocycles. The third kappa shape index (κ3) is 3.25. The predicted molar refractivity (Wildman–Crippen MR) is 45.8 cm³/mol. The summed E-state index contributed by atoms with van der Waals surface area (Å²) in [5.74, 6) is -1.69. The number of hydroxylamine groups is 1. The topological polar surface area (TPSA) is 75.6 Å². The first-order valence-corrected chi connectivity index (χ1v) is 3.80. The summed E-state index contributed by atoms with van der Waals surface area (Å²) in [6.45, 7) is 6.21. The Morgan fingerprint density at radius 1 is 1.69 bits per heavy atom. The van der Waals surface area contributed by atoms with Crippen LogP contribution in [0.2, 0.25) is 0 Å². The van der Waals surface area contributed by atoms with E-state index >= 15 is 0 Å². The number of carbonyl (C=O) groups excluding carboxylic acids is 1. The summed E-state index contributed by atoms with van der Waals surface area (Å²) >= 11 is 0. The van der Waals surface area contributed by atoms with Gasteiger partial charge in [-0.2, -0.15) is 0 Å². The quantitative estimate of drug-likeness (QED) is 0.484. The first kappa shape index (κ1) is 11.6. The van der Waals surface area contributed by atoms with Crippen LogP contribution in [-0.4, -0.2) is 22.6 Å². The Hall–Kier alpha value is -1.36. The molecule has 0 rings (SSSR count). The Labute approximate surface area is 76.3 Å². The maximum atomic E-state index is 10.7. The Balaban J connectivity index is 4.21. The van der Waals surface area contributed by atoms with Crippen molar-refractivity contribution in [1.82, 2.24) is 5.48 Å². The van der Waals surface area contributed by atoms with Crippen molar-refractivity contribution < 1.29 is 19.5 Å². The molecule has 74 valence electrons. The lowest BCUT2D eigenvalue weighted by molar-refractivity contribution is -0.177. The van der Waals surface area contributed by atoms with Crippen molar-refractivity contribution in [3.05, 3.63) is 12.7 Å². The van der Waals surface area contributed by atoms with Gasteiger partial charge < -0.3 is 5.11 Å². The molecule has 0 saturated heterocycles. The molecule has 0 saturated carbocycles. The fourth-order valence-electron chi connectivity index (χ4n) is 0.472. The fraction of sp³-hybridized carbons (Fsp3) is 0.500. The summed E-state index contributed by atoms with van der Waals surface area (Å²) < 4.78 is 0. The molecule has 0 radical (unpaired) electrons. The van der Waals surface area contributed by atoms with E-state index in [2.05, 4.69) is 6.58 Å². The van der Waals surface area contributed by atoms with Crippen LogP contribution in [0.25, 0.3) is 0 Å². The largest absolute Gasteiger partial charge is 0.479 e. The highest BCUT2D eigenvalue weighted by atomic mass is 16.7. The minimum Gasteiger partial charge on any atom is -0.479 e. The number of carbonyl (C=O) groups is 2. The minimum atomic E-state index is -1.39. The van der Waals surface area contributed by atoms with Crippen LogP contribution in [0, 0.1) is 0 Å². The summed E-state index contributed by atoms with van der Waals surface area (Å²) in [5.41, 5.74) is 0.577. The molecule has 0 aliphatic rings. The van der Waals surface area contributed by atoms with Gasteiger partial charge >= 0.3 is 5.97 Å². The van der Waals surface area contributed by atoms with Crippen LogP contribution < -0.4 is 5.48 Å². The lowest BCUT2D eigenvalue weighted by atomic mass is 10.1. The Morgan fingerprint density at radius 3 is 2.54 bits per heavy atom. The summed E-state index contributed by atoms with van der Waals surface area (Å²) in [6, 6.07) is 0. The van der Waals surface area contributed by atoms with E-state index in [0.717, 1.165) is 6.08 Å². The number of carboxylic acid groups (broad SMARTS) is 1. The van der Waals surface area contributed by atoms with E-state index in [1.54, 1.807) is 6.92 Å². The zero-order chi connectivity index (χ0) is 10.5. The summed E-state index contributed by atoms with van der Waals surface area (Å²) in [4.78, 5) is 26.0. The second-order valence-electron chi connectivity index (χ2n) is 2.66.